The standard InChI is InChI=1S/C19H33O4P.2Na/c1-6-7-8-9-18(5)19(12-10-16(2)3)13-11-17(4)14-15-23-24(20,21)22;;/h6-7,10,14H,8-9,11-13,15H2,1-5H3,(H2,20,21,22);;/q;2*+1/p-2/b7-6+,17-14+,19-18-;;. The Labute approximate surface area is 204 Å². The Bertz CT molecular complexity index is 542. The van der Waals surface area contributed by atoms with Crippen LogP contribution < -0.4 is 68.9 Å². The summed E-state index contributed by atoms with van der Waals surface area (Å²) >= 11 is 0. The number of phosphoric ester groups is 1. The van der Waals surface area contributed by atoms with E-state index >= 15 is 0 Å². The Hall–Kier alpha value is 1.07. The van der Waals surface area contributed by atoms with Crippen molar-refractivity contribution >= 4 is 7.82 Å². The van der Waals surface area contributed by atoms with Gasteiger partial charge in [-0.3, -0.25) is 0 Å². The zero-order valence-corrected chi connectivity index (χ0v) is 22.5. The molecular formula is C19H31Na2O4P. The van der Waals surface area contributed by atoms with Crippen LogP contribution in [0.15, 0.2) is 46.6 Å². The summed E-state index contributed by atoms with van der Waals surface area (Å²) in [4.78, 5) is 20.9. The van der Waals surface area contributed by atoms with E-state index in [1.54, 1.807) is 6.08 Å². The zero-order chi connectivity index (χ0) is 18.6. The summed E-state index contributed by atoms with van der Waals surface area (Å²) in [6.45, 7) is 10.2. The Morgan fingerprint density at radius 3 is 2.12 bits per heavy atom. The van der Waals surface area contributed by atoms with Gasteiger partial charge in [0, 0.05) is 0 Å². The number of allylic oxidation sites excluding steroid dienone is 7. The van der Waals surface area contributed by atoms with E-state index in [1.807, 2.05) is 13.8 Å². The summed E-state index contributed by atoms with van der Waals surface area (Å²) in [6, 6.07) is 0. The fraction of sp³-hybridized carbons (Fsp3) is 0.579. The third kappa shape index (κ3) is 19.8. The number of rotatable bonds is 11. The maximum atomic E-state index is 10.4. The first-order valence-electron chi connectivity index (χ1n) is 8.40. The minimum atomic E-state index is -4.88. The van der Waals surface area contributed by atoms with Crippen LogP contribution in [0.3, 0.4) is 0 Å². The second kappa shape index (κ2) is 18.1. The van der Waals surface area contributed by atoms with Crippen LogP contribution in [0, 0.1) is 0 Å². The summed E-state index contributed by atoms with van der Waals surface area (Å²) in [5.74, 6) is 0. The van der Waals surface area contributed by atoms with Gasteiger partial charge in [-0.25, -0.2) is 0 Å². The van der Waals surface area contributed by atoms with Gasteiger partial charge < -0.3 is 18.9 Å². The first-order valence-corrected chi connectivity index (χ1v) is 9.86. The molecule has 0 aromatic rings. The van der Waals surface area contributed by atoms with Crippen molar-refractivity contribution in [3.63, 3.8) is 0 Å². The molecule has 0 fully saturated rings. The summed E-state index contributed by atoms with van der Waals surface area (Å²) in [7, 11) is -4.88. The van der Waals surface area contributed by atoms with Crippen molar-refractivity contribution in [3.8, 4) is 0 Å². The summed E-state index contributed by atoms with van der Waals surface area (Å²) in [5.41, 5.74) is 5.17. The van der Waals surface area contributed by atoms with Crippen molar-refractivity contribution in [3.05, 3.63) is 46.6 Å². The molecule has 0 atom stereocenters. The van der Waals surface area contributed by atoms with Gasteiger partial charge in [0.05, 0.1) is 14.4 Å². The van der Waals surface area contributed by atoms with Gasteiger partial charge >= 0.3 is 59.1 Å². The average molecular weight is 400 g/mol. The van der Waals surface area contributed by atoms with Gasteiger partial charge in [-0.1, -0.05) is 46.6 Å². The fourth-order valence-corrected chi connectivity index (χ4v) is 2.44. The van der Waals surface area contributed by atoms with Crippen molar-refractivity contribution < 1.29 is 78.0 Å². The molecule has 7 heteroatoms. The molecule has 0 aliphatic heterocycles. The topological polar surface area (TPSA) is 72.4 Å². The van der Waals surface area contributed by atoms with Gasteiger partial charge in [0.2, 0.25) is 0 Å². The van der Waals surface area contributed by atoms with Gasteiger partial charge in [-0.15, -0.1) is 0 Å². The molecule has 0 saturated carbocycles. The predicted octanol–water partition coefficient (Wildman–Crippen LogP) is -1.40. The molecule has 4 nitrogen and oxygen atoms in total. The second-order valence-corrected chi connectivity index (χ2v) is 7.42. The van der Waals surface area contributed by atoms with Gasteiger partial charge in [-0.2, -0.15) is 0 Å². The van der Waals surface area contributed by atoms with Crippen LogP contribution in [0.4, 0.5) is 0 Å². The largest absolute Gasteiger partial charge is 1.00 e. The van der Waals surface area contributed by atoms with Crippen LogP contribution in [-0.2, 0) is 9.09 Å². The van der Waals surface area contributed by atoms with E-state index in [1.165, 1.54) is 16.7 Å². The van der Waals surface area contributed by atoms with E-state index in [4.69, 9.17) is 0 Å². The molecule has 0 aliphatic carbocycles. The van der Waals surface area contributed by atoms with Crippen LogP contribution in [0.25, 0.3) is 0 Å². The molecule has 0 aromatic carbocycles. The van der Waals surface area contributed by atoms with E-state index in [2.05, 4.69) is 43.5 Å². The average Bonchev–Trinajstić information content (AvgIpc) is 2.45. The molecule has 0 unspecified atom stereocenters. The molecular weight excluding hydrogens is 369 g/mol. The fourth-order valence-electron chi connectivity index (χ4n) is 2.18. The molecule has 0 N–H and O–H groups in total. The Kier molecular flexibility index (Phi) is 22.1. The SMILES string of the molecule is C/C=C/CC/C(C)=C(/CC=C(C)C)CC/C(C)=C/COP(=O)([O-])[O-].[Na+].[Na+]. The maximum Gasteiger partial charge on any atom is 1.00 e. The number of hydrogen-bond acceptors (Lipinski definition) is 4. The molecule has 0 aromatic heterocycles. The third-order valence-electron chi connectivity index (χ3n) is 3.77. The predicted molar refractivity (Wildman–Crippen MR) is 97.3 cm³/mol. The van der Waals surface area contributed by atoms with Gasteiger partial charge in [0.15, 0.2) is 0 Å². The Morgan fingerprint density at radius 1 is 1.00 bits per heavy atom. The Balaban J connectivity index is -0.00000264. The number of phosphoric acid groups is 1. The zero-order valence-electron chi connectivity index (χ0n) is 17.6. The first kappa shape index (κ1) is 31.8. The summed E-state index contributed by atoms with van der Waals surface area (Å²) in [5, 5.41) is 0. The van der Waals surface area contributed by atoms with Crippen molar-refractivity contribution in [2.24, 2.45) is 0 Å². The summed E-state index contributed by atoms with van der Waals surface area (Å²) < 4.78 is 14.7. The van der Waals surface area contributed by atoms with E-state index in [0.29, 0.717) is 0 Å². The molecule has 26 heavy (non-hydrogen) atoms. The molecule has 0 radical (unpaired) electrons. The van der Waals surface area contributed by atoms with Crippen LogP contribution >= 0.6 is 7.82 Å². The monoisotopic (exact) mass is 400 g/mol. The minimum absolute atomic E-state index is 0. The molecule has 0 amide bonds. The van der Waals surface area contributed by atoms with E-state index in [-0.39, 0.29) is 65.7 Å². The van der Waals surface area contributed by atoms with Gasteiger partial charge in [0.1, 0.15) is 0 Å². The van der Waals surface area contributed by atoms with E-state index < -0.39 is 7.82 Å². The molecule has 0 spiro atoms. The first-order chi connectivity index (χ1) is 11.2. The molecule has 0 saturated heterocycles. The van der Waals surface area contributed by atoms with Crippen molar-refractivity contribution in [1.29, 1.82) is 0 Å². The van der Waals surface area contributed by atoms with E-state index in [9.17, 15) is 14.4 Å². The Morgan fingerprint density at radius 2 is 1.62 bits per heavy atom. The smallest absolute Gasteiger partial charge is 0.790 e. The number of hydrogen-bond donors (Lipinski definition) is 0. The maximum absolute atomic E-state index is 10.4. The molecule has 0 heterocycles. The van der Waals surface area contributed by atoms with Gasteiger partial charge in [0.25, 0.3) is 0 Å². The minimum Gasteiger partial charge on any atom is -0.790 e. The van der Waals surface area contributed by atoms with Gasteiger partial charge in [-0.05, 0) is 66.7 Å². The third-order valence-corrected chi connectivity index (χ3v) is 4.23. The molecule has 138 valence electrons. The molecule has 0 rings (SSSR count). The summed E-state index contributed by atoms with van der Waals surface area (Å²) in [6.07, 6.45) is 13.0. The quantitative estimate of drug-likeness (QED) is 0.243. The van der Waals surface area contributed by atoms with E-state index in [0.717, 1.165) is 37.7 Å². The van der Waals surface area contributed by atoms with Crippen LogP contribution in [-0.4, -0.2) is 6.61 Å². The van der Waals surface area contributed by atoms with Crippen molar-refractivity contribution in [2.45, 2.75) is 66.7 Å². The molecule has 0 aliphatic rings. The molecule has 0 bridgehead atoms. The van der Waals surface area contributed by atoms with Crippen molar-refractivity contribution in [1.82, 2.24) is 0 Å². The van der Waals surface area contributed by atoms with Crippen LogP contribution in [0.5, 0.6) is 0 Å². The normalized spacial score (nSPS) is 13.0. The van der Waals surface area contributed by atoms with Crippen molar-refractivity contribution in [2.75, 3.05) is 6.61 Å². The van der Waals surface area contributed by atoms with Crippen LogP contribution in [0.2, 0.25) is 0 Å². The second-order valence-electron chi connectivity index (χ2n) is 6.27. The van der Waals surface area contributed by atoms with Crippen LogP contribution in [0.1, 0.15) is 66.7 Å².